The molecule has 0 saturated carbocycles. The summed E-state index contributed by atoms with van der Waals surface area (Å²) < 4.78 is 5.88. The van der Waals surface area contributed by atoms with Gasteiger partial charge >= 0.3 is 0 Å². The summed E-state index contributed by atoms with van der Waals surface area (Å²) in [5.41, 5.74) is 0. The van der Waals surface area contributed by atoms with Gasteiger partial charge < -0.3 is 4.74 Å². The molecule has 1 aliphatic rings. The molecule has 2 heterocycles. The van der Waals surface area contributed by atoms with Crippen molar-refractivity contribution in [2.75, 3.05) is 20.2 Å². The van der Waals surface area contributed by atoms with Crippen LogP contribution in [-0.2, 0) is 11.3 Å². The van der Waals surface area contributed by atoms with E-state index in [1.54, 1.807) is 7.11 Å². The molecular formula is C9H14ClN3OS. The number of nitrogens with zero attached hydrogens (tertiary/aromatic N) is 3. The smallest absolute Gasteiger partial charge is 0.207 e. The third-order valence-electron chi connectivity index (χ3n) is 2.60. The predicted octanol–water partition coefficient (Wildman–Crippen LogP) is 1.80. The molecule has 0 bridgehead atoms. The Balaban J connectivity index is 1.88. The highest BCUT2D eigenvalue weighted by Crippen LogP contribution is 2.19. The van der Waals surface area contributed by atoms with Crippen LogP contribution in [0.25, 0.3) is 0 Å². The van der Waals surface area contributed by atoms with Crippen LogP contribution in [0.3, 0.4) is 0 Å². The molecule has 0 N–H and O–H groups in total. The van der Waals surface area contributed by atoms with E-state index in [2.05, 4.69) is 15.1 Å². The number of halogens is 1. The van der Waals surface area contributed by atoms with E-state index in [0.29, 0.717) is 10.6 Å². The predicted molar refractivity (Wildman–Crippen MR) is 60.2 cm³/mol. The Morgan fingerprint density at radius 2 is 2.47 bits per heavy atom. The molecular weight excluding hydrogens is 234 g/mol. The van der Waals surface area contributed by atoms with Crippen molar-refractivity contribution in [2.24, 2.45) is 0 Å². The van der Waals surface area contributed by atoms with Crippen molar-refractivity contribution >= 4 is 22.9 Å². The van der Waals surface area contributed by atoms with Crippen molar-refractivity contribution in [3.05, 3.63) is 9.47 Å². The summed E-state index contributed by atoms with van der Waals surface area (Å²) in [6.07, 6.45) is 2.71. The molecule has 0 spiro atoms. The molecule has 84 valence electrons. The molecule has 15 heavy (non-hydrogen) atoms. The van der Waals surface area contributed by atoms with Crippen LogP contribution in [0, 0.1) is 0 Å². The Morgan fingerprint density at radius 3 is 3.13 bits per heavy atom. The normalized spacial score (nSPS) is 23.2. The first-order valence-corrected chi connectivity index (χ1v) is 6.20. The van der Waals surface area contributed by atoms with Gasteiger partial charge in [-0.15, -0.1) is 10.2 Å². The molecule has 1 saturated heterocycles. The molecule has 4 nitrogen and oxygen atoms in total. The zero-order valence-electron chi connectivity index (χ0n) is 8.65. The first-order valence-electron chi connectivity index (χ1n) is 5.01. The van der Waals surface area contributed by atoms with Gasteiger partial charge in [-0.25, -0.2) is 0 Å². The summed E-state index contributed by atoms with van der Waals surface area (Å²) in [6, 6.07) is 0. The van der Waals surface area contributed by atoms with Crippen LogP contribution in [0.5, 0.6) is 0 Å². The molecule has 0 radical (unpaired) electrons. The fourth-order valence-corrected chi connectivity index (χ4v) is 2.75. The third-order valence-corrected chi connectivity index (χ3v) is 3.60. The lowest BCUT2D eigenvalue weighted by atomic mass is 10.1. The molecule has 1 fully saturated rings. The zero-order valence-corrected chi connectivity index (χ0v) is 10.2. The fraction of sp³-hybridized carbons (Fsp3) is 0.778. The van der Waals surface area contributed by atoms with Gasteiger partial charge in [-0.2, -0.15) is 0 Å². The van der Waals surface area contributed by atoms with Gasteiger partial charge in [-0.05, 0) is 31.0 Å². The van der Waals surface area contributed by atoms with Crippen molar-refractivity contribution in [3.8, 4) is 0 Å². The second-order valence-electron chi connectivity index (χ2n) is 3.68. The van der Waals surface area contributed by atoms with Crippen molar-refractivity contribution in [3.63, 3.8) is 0 Å². The van der Waals surface area contributed by atoms with E-state index >= 15 is 0 Å². The number of piperidine rings is 1. The lowest BCUT2D eigenvalue weighted by Crippen LogP contribution is -2.38. The highest BCUT2D eigenvalue weighted by Gasteiger charge is 2.20. The molecule has 2 rings (SSSR count). The van der Waals surface area contributed by atoms with Gasteiger partial charge in [0.2, 0.25) is 4.47 Å². The van der Waals surface area contributed by atoms with Gasteiger partial charge in [0.25, 0.3) is 0 Å². The van der Waals surface area contributed by atoms with Crippen molar-refractivity contribution in [2.45, 2.75) is 25.5 Å². The van der Waals surface area contributed by atoms with Crippen molar-refractivity contribution < 1.29 is 4.74 Å². The number of methoxy groups -OCH3 is 1. The van der Waals surface area contributed by atoms with Crippen LogP contribution in [0.4, 0.5) is 0 Å². The number of hydrogen-bond donors (Lipinski definition) is 0. The first kappa shape index (κ1) is 11.3. The van der Waals surface area contributed by atoms with E-state index in [-0.39, 0.29) is 0 Å². The van der Waals surface area contributed by atoms with Crippen LogP contribution in [0.15, 0.2) is 0 Å². The maximum absolute atomic E-state index is 5.74. The SMILES string of the molecule is COC1CCCN(Cc2nnc(Cl)s2)C1. The summed E-state index contributed by atoms with van der Waals surface area (Å²) >= 11 is 7.19. The van der Waals surface area contributed by atoms with Crippen molar-refractivity contribution in [1.82, 2.24) is 15.1 Å². The highest BCUT2D eigenvalue weighted by atomic mass is 35.5. The van der Waals surface area contributed by atoms with Crippen LogP contribution < -0.4 is 0 Å². The Morgan fingerprint density at radius 1 is 1.60 bits per heavy atom. The molecule has 0 amide bonds. The van der Waals surface area contributed by atoms with Crippen LogP contribution in [0.1, 0.15) is 17.8 Å². The summed E-state index contributed by atoms with van der Waals surface area (Å²) in [7, 11) is 1.77. The molecule has 6 heteroatoms. The summed E-state index contributed by atoms with van der Waals surface area (Å²) in [5.74, 6) is 0. The molecule has 1 aromatic rings. The van der Waals surface area contributed by atoms with Gasteiger partial charge in [0.05, 0.1) is 12.6 Å². The van der Waals surface area contributed by atoms with Crippen LogP contribution >= 0.6 is 22.9 Å². The van der Waals surface area contributed by atoms with E-state index in [1.165, 1.54) is 17.8 Å². The molecule has 1 aromatic heterocycles. The second kappa shape index (κ2) is 5.21. The minimum atomic E-state index is 0.363. The minimum absolute atomic E-state index is 0.363. The lowest BCUT2D eigenvalue weighted by Gasteiger charge is -2.30. The van der Waals surface area contributed by atoms with E-state index in [4.69, 9.17) is 16.3 Å². The number of hydrogen-bond acceptors (Lipinski definition) is 5. The Bertz CT molecular complexity index is 320. The Labute approximate surface area is 98.2 Å². The summed E-state index contributed by atoms with van der Waals surface area (Å²) in [5, 5.41) is 8.80. The minimum Gasteiger partial charge on any atom is -0.380 e. The third kappa shape index (κ3) is 3.11. The molecule has 0 aliphatic carbocycles. The average molecular weight is 248 g/mol. The number of likely N-dealkylation sites (tertiary alicyclic amines) is 1. The molecule has 1 aliphatic heterocycles. The standard InChI is InChI=1S/C9H14ClN3OS/c1-14-7-3-2-4-13(5-7)6-8-11-12-9(10)15-8/h7H,2-6H2,1H3. The molecule has 1 unspecified atom stereocenters. The van der Waals surface area contributed by atoms with Gasteiger partial charge in [0.1, 0.15) is 5.01 Å². The van der Waals surface area contributed by atoms with Gasteiger partial charge in [-0.3, -0.25) is 4.90 Å². The van der Waals surface area contributed by atoms with E-state index in [9.17, 15) is 0 Å². The van der Waals surface area contributed by atoms with E-state index in [1.807, 2.05) is 0 Å². The molecule has 0 aromatic carbocycles. The summed E-state index contributed by atoms with van der Waals surface area (Å²) in [4.78, 5) is 2.34. The number of rotatable bonds is 3. The van der Waals surface area contributed by atoms with Gasteiger partial charge in [0, 0.05) is 13.7 Å². The largest absolute Gasteiger partial charge is 0.380 e. The highest BCUT2D eigenvalue weighted by molar-refractivity contribution is 7.15. The first-order chi connectivity index (χ1) is 7.28. The quantitative estimate of drug-likeness (QED) is 0.817. The maximum atomic E-state index is 5.74. The Kier molecular flexibility index (Phi) is 3.91. The van der Waals surface area contributed by atoms with Gasteiger partial charge in [-0.1, -0.05) is 11.3 Å². The summed E-state index contributed by atoms with van der Waals surface area (Å²) in [6.45, 7) is 2.93. The zero-order chi connectivity index (χ0) is 10.7. The van der Waals surface area contributed by atoms with E-state index in [0.717, 1.165) is 31.1 Å². The molecule has 1 atom stereocenters. The number of ether oxygens (including phenoxy) is 1. The van der Waals surface area contributed by atoms with Crippen LogP contribution in [-0.4, -0.2) is 41.4 Å². The van der Waals surface area contributed by atoms with Crippen LogP contribution in [0.2, 0.25) is 4.47 Å². The van der Waals surface area contributed by atoms with E-state index < -0.39 is 0 Å². The average Bonchev–Trinajstić information content (AvgIpc) is 2.64. The second-order valence-corrected chi connectivity index (χ2v) is 5.33. The van der Waals surface area contributed by atoms with Crippen molar-refractivity contribution in [1.29, 1.82) is 0 Å². The number of aromatic nitrogens is 2. The topological polar surface area (TPSA) is 38.2 Å². The maximum Gasteiger partial charge on any atom is 0.207 e. The Hall–Kier alpha value is -0.230. The van der Waals surface area contributed by atoms with Gasteiger partial charge in [0.15, 0.2) is 0 Å². The lowest BCUT2D eigenvalue weighted by molar-refractivity contribution is 0.0285. The monoisotopic (exact) mass is 247 g/mol. The fourth-order valence-electron chi connectivity index (χ4n) is 1.84.